The van der Waals surface area contributed by atoms with Crippen molar-refractivity contribution in [1.29, 1.82) is 0 Å². The van der Waals surface area contributed by atoms with E-state index in [1.165, 1.54) is 7.14 Å². The van der Waals surface area contributed by atoms with Crippen molar-refractivity contribution in [1.82, 2.24) is 0 Å². The van der Waals surface area contributed by atoms with Crippen molar-refractivity contribution in [2.75, 3.05) is 0 Å². The Bertz CT molecular complexity index is 503. The molecular formula is C12H8IOS-. The Labute approximate surface area is 101 Å². The van der Waals surface area contributed by atoms with Crippen LogP contribution >= 0.6 is 0 Å². The van der Waals surface area contributed by atoms with Crippen LogP contribution in [0, 0.1) is 7.14 Å². The zero-order chi connectivity index (χ0) is 10.3. The molecule has 0 saturated carbocycles. The fourth-order valence-electron chi connectivity index (χ4n) is 1.57. The molecule has 0 saturated heterocycles. The number of hydrogen-bond acceptors (Lipinski definition) is 1. The van der Waals surface area contributed by atoms with E-state index in [2.05, 4.69) is 12.1 Å². The second kappa shape index (κ2) is 3.72. The van der Waals surface area contributed by atoms with Crippen molar-refractivity contribution < 1.29 is 25.4 Å². The van der Waals surface area contributed by atoms with E-state index in [1.54, 1.807) is 0 Å². The predicted molar refractivity (Wildman–Crippen MR) is 55.0 cm³/mol. The fourth-order valence-corrected chi connectivity index (χ4v) is 6.72. The maximum atomic E-state index is 12.2. The Morgan fingerprint density at radius 3 is 1.80 bits per heavy atom. The van der Waals surface area contributed by atoms with E-state index in [9.17, 15) is 4.21 Å². The Morgan fingerprint density at radius 2 is 1.27 bits per heavy atom. The van der Waals surface area contributed by atoms with E-state index in [4.69, 9.17) is 0 Å². The molecule has 0 radical (unpaired) electrons. The zero-order valence-electron chi connectivity index (χ0n) is 7.81. The molecule has 0 unspecified atom stereocenters. The first-order chi connectivity index (χ1) is 7.36. The Morgan fingerprint density at radius 1 is 0.800 bits per heavy atom. The first-order valence-electron chi connectivity index (χ1n) is 4.61. The Hall–Kier alpha value is -0.680. The fraction of sp³-hybridized carbons (Fsp3) is 0. The Balaban J connectivity index is 2.24. The monoisotopic (exact) mass is 327 g/mol. The number of hydrogen-bond donors (Lipinski definition) is 0. The van der Waals surface area contributed by atoms with Gasteiger partial charge in [0.15, 0.2) is 0 Å². The summed E-state index contributed by atoms with van der Waals surface area (Å²) in [5, 5.41) is 0. The molecular weight excluding hydrogens is 319 g/mol. The molecule has 2 aromatic rings. The molecule has 0 fully saturated rings. The summed E-state index contributed by atoms with van der Waals surface area (Å²) in [6.07, 6.45) is 0. The topological polar surface area (TPSA) is 17.1 Å². The van der Waals surface area contributed by atoms with Gasteiger partial charge in [-0.15, -0.1) is 0 Å². The molecule has 0 spiro atoms. The summed E-state index contributed by atoms with van der Waals surface area (Å²) in [5.41, 5.74) is 0. The molecule has 1 aliphatic rings. The van der Waals surface area contributed by atoms with Crippen LogP contribution < -0.4 is 21.2 Å². The van der Waals surface area contributed by atoms with Crippen molar-refractivity contribution >= 4 is 10.8 Å². The number of halogens is 1. The molecule has 3 heteroatoms. The minimum absolute atomic E-state index is 0.145. The molecule has 2 aromatic carbocycles. The predicted octanol–water partition coefficient (Wildman–Crippen LogP) is -0.705. The van der Waals surface area contributed by atoms with E-state index >= 15 is 0 Å². The van der Waals surface area contributed by atoms with Crippen molar-refractivity contribution in [3.05, 3.63) is 55.7 Å². The Kier molecular flexibility index (Phi) is 2.36. The van der Waals surface area contributed by atoms with Crippen molar-refractivity contribution in [2.45, 2.75) is 9.79 Å². The van der Waals surface area contributed by atoms with Gasteiger partial charge in [-0.05, 0) is 0 Å². The molecule has 0 atom stereocenters. The van der Waals surface area contributed by atoms with Gasteiger partial charge in [-0.25, -0.2) is 0 Å². The third-order valence-electron chi connectivity index (χ3n) is 2.28. The molecule has 0 N–H and O–H groups in total. The van der Waals surface area contributed by atoms with Crippen molar-refractivity contribution in [2.24, 2.45) is 0 Å². The van der Waals surface area contributed by atoms with E-state index in [1.807, 2.05) is 36.4 Å². The van der Waals surface area contributed by atoms with E-state index in [0.29, 0.717) is 0 Å². The van der Waals surface area contributed by atoms with Crippen LogP contribution in [0.4, 0.5) is 0 Å². The quantitative estimate of drug-likeness (QED) is 0.499. The van der Waals surface area contributed by atoms with Gasteiger partial charge in [0, 0.05) is 0 Å². The van der Waals surface area contributed by atoms with E-state index in [-0.39, 0.29) is 21.2 Å². The molecule has 1 nitrogen and oxygen atoms in total. The summed E-state index contributed by atoms with van der Waals surface area (Å²) >= 11 is -0.145. The summed E-state index contributed by atoms with van der Waals surface area (Å²) in [5.74, 6) is 0. The van der Waals surface area contributed by atoms with Crippen LogP contribution in [0.25, 0.3) is 0 Å². The van der Waals surface area contributed by atoms with Crippen LogP contribution in [0.15, 0.2) is 58.3 Å². The van der Waals surface area contributed by atoms with Crippen LogP contribution in [0.2, 0.25) is 0 Å². The second-order valence-electron chi connectivity index (χ2n) is 3.22. The second-order valence-corrected chi connectivity index (χ2v) is 7.50. The number of rotatable bonds is 0. The average molecular weight is 327 g/mol. The first kappa shape index (κ1) is 9.54. The van der Waals surface area contributed by atoms with Crippen LogP contribution in [0.1, 0.15) is 0 Å². The summed E-state index contributed by atoms with van der Waals surface area (Å²) in [6, 6.07) is 16.2. The third-order valence-corrected chi connectivity index (χ3v) is 7.56. The molecule has 76 valence electrons. The van der Waals surface area contributed by atoms with Crippen LogP contribution in [0.3, 0.4) is 0 Å². The molecule has 3 rings (SSSR count). The molecule has 0 bridgehead atoms. The van der Waals surface area contributed by atoms with Crippen molar-refractivity contribution in [3.8, 4) is 0 Å². The molecule has 1 heterocycles. The van der Waals surface area contributed by atoms with Gasteiger partial charge in [-0.2, -0.15) is 0 Å². The van der Waals surface area contributed by atoms with Gasteiger partial charge >= 0.3 is 102 Å². The minimum atomic E-state index is -0.963. The van der Waals surface area contributed by atoms with E-state index in [0.717, 1.165) is 9.79 Å². The summed E-state index contributed by atoms with van der Waals surface area (Å²) in [7, 11) is -0.963. The van der Waals surface area contributed by atoms with Gasteiger partial charge in [0.25, 0.3) is 0 Å². The third kappa shape index (κ3) is 1.54. The van der Waals surface area contributed by atoms with Gasteiger partial charge in [0.1, 0.15) is 0 Å². The van der Waals surface area contributed by atoms with Gasteiger partial charge in [0.05, 0.1) is 0 Å². The van der Waals surface area contributed by atoms with Gasteiger partial charge in [0.2, 0.25) is 0 Å². The van der Waals surface area contributed by atoms with E-state index < -0.39 is 10.8 Å². The standard InChI is InChI=1S/C12H8IOS/c14-15-11-7-3-1-5-9(11)13-10-6-2-4-8-12(10)15/h1-8H/q-1. The number of benzene rings is 2. The summed E-state index contributed by atoms with van der Waals surface area (Å²) < 4.78 is 14.8. The molecule has 0 aliphatic carbocycles. The van der Waals surface area contributed by atoms with Crippen molar-refractivity contribution in [3.63, 3.8) is 0 Å². The summed E-state index contributed by atoms with van der Waals surface area (Å²) in [6.45, 7) is 0. The molecule has 0 amide bonds. The average Bonchev–Trinajstić information content (AvgIpc) is 2.30. The number of fused-ring (bicyclic) bond motifs is 2. The van der Waals surface area contributed by atoms with Crippen LogP contribution in [0.5, 0.6) is 0 Å². The van der Waals surface area contributed by atoms with Gasteiger partial charge in [-0.1, -0.05) is 0 Å². The van der Waals surface area contributed by atoms with Gasteiger partial charge in [-0.3, -0.25) is 0 Å². The zero-order valence-corrected chi connectivity index (χ0v) is 10.8. The normalized spacial score (nSPS) is 14.9. The summed E-state index contributed by atoms with van der Waals surface area (Å²) in [4.78, 5) is 2.04. The molecule has 15 heavy (non-hydrogen) atoms. The SMILES string of the molecule is O=S1c2ccccc2[I-]c2ccccc21. The van der Waals surface area contributed by atoms with Crippen LogP contribution in [-0.4, -0.2) is 4.21 Å². The molecule has 1 aliphatic heterocycles. The first-order valence-corrected chi connectivity index (χ1v) is 7.91. The van der Waals surface area contributed by atoms with Crippen LogP contribution in [-0.2, 0) is 10.8 Å². The molecule has 0 aromatic heterocycles. The van der Waals surface area contributed by atoms with Gasteiger partial charge < -0.3 is 0 Å². The maximum absolute atomic E-state index is 12.2.